The summed E-state index contributed by atoms with van der Waals surface area (Å²) in [7, 11) is 0. The Bertz CT molecular complexity index is 476. The Morgan fingerprint density at radius 2 is 2.00 bits per heavy atom. The fourth-order valence-electron chi connectivity index (χ4n) is 2.99. The molecule has 1 atom stereocenters. The zero-order valence-corrected chi connectivity index (χ0v) is 12.5. The molecular weight excluding hydrogens is 268 g/mol. The molecule has 2 amide bonds. The number of rotatable bonds is 5. The van der Waals surface area contributed by atoms with E-state index < -0.39 is 11.4 Å². The van der Waals surface area contributed by atoms with E-state index in [1.807, 2.05) is 17.7 Å². The van der Waals surface area contributed by atoms with Crippen molar-refractivity contribution in [3.8, 4) is 0 Å². The lowest BCUT2D eigenvalue weighted by atomic mass is 9.89. The summed E-state index contributed by atoms with van der Waals surface area (Å²) in [5.41, 5.74) is 4.72. The standard InChI is InChI=1S/C15H24N4O2/c1-12(19-9-8-17-11-19)10-13(20)18-15(14(16)21)6-4-2-3-5-7-15/h8-9,11-12H,2-7,10H2,1H3,(H2,16,21)(H,18,20). The van der Waals surface area contributed by atoms with Crippen LogP contribution in [0.4, 0.5) is 0 Å². The van der Waals surface area contributed by atoms with E-state index in [0.29, 0.717) is 19.3 Å². The molecule has 1 fully saturated rings. The van der Waals surface area contributed by atoms with Gasteiger partial charge in [0.05, 0.1) is 6.33 Å². The summed E-state index contributed by atoms with van der Waals surface area (Å²) in [5, 5.41) is 2.92. The summed E-state index contributed by atoms with van der Waals surface area (Å²) in [5.74, 6) is -0.537. The molecule has 0 radical (unpaired) electrons. The molecule has 3 N–H and O–H groups in total. The number of carbonyl (C=O) groups excluding carboxylic acids is 2. The number of carbonyl (C=O) groups is 2. The molecule has 1 unspecified atom stereocenters. The predicted molar refractivity (Wildman–Crippen MR) is 79.3 cm³/mol. The normalized spacial score (nSPS) is 19.5. The van der Waals surface area contributed by atoms with Gasteiger partial charge in [-0.3, -0.25) is 9.59 Å². The van der Waals surface area contributed by atoms with Gasteiger partial charge in [-0.2, -0.15) is 0 Å². The van der Waals surface area contributed by atoms with Crippen molar-refractivity contribution in [2.45, 2.75) is 63.5 Å². The Morgan fingerprint density at radius 3 is 2.52 bits per heavy atom. The summed E-state index contributed by atoms with van der Waals surface area (Å²) >= 11 is 0. The van der Waals surface area contributed by atoms with E-state index in [1.165, 1.54) is 0 Å². The van der Waals surface area contributed by atoms with Crippen molar-refractivity contribution in [1.29, 1.82) is 0 Å². The van der Waals surface area contributed by atoms with Crippen molar-refractivity contribution in [1.82, 2.24) is 14.9 Å². The molecule has 1 aliphatic carbocycles. The Labute approximate surface area is 125 Å². The number of aromatic nitrogens is 2. The Morgan fingerprint density at radius 1 is 1.33 bits per heavy atom. The van der Waals surface area contributed by atoms with Crippen LogP contribution in [0.2, 0.25) is 0 Å². The van der Waals surface area contributed by atoms with Gasteiger partial charge in [0, 0.05) is 24.9 Å². The van der Waals surface area contributed by atoms with Crippen LogP contribution in [0, 0.1) is 0 Å². The topological polar surface area (TPSA) is 90.0 Å². The first-order chi connectivity index (χ1) is 10.0. The summed E-state index contributed by atoms with van der Waals surface area (Å²) in [6.45, 7) is 1.95. The van der Waals surface area contributed by atoms with E-state index in [-0.39, 0.29) is 11.9 Å². The van der Waals surface area contributed by atoms with Gasteiger partial charge in [-0.25, -0.2) is 4.98 Å². The van der Waals surface area contributed by atoms with Crippen LogP contribution in [0.25, 0.3) is 0 Å². The monoisotopic (exact) mass is 292 g/mol. The molecule has 21 heavy (non-hydrogen) atoms. The van der Waals surface area contributed by atoms with Crippen LogP contribution < -0.4 is 11.1 Å². The third-order valence-electron chi connectivity index (χ3n) is 4.32. The highest BCUT2D eigenvalue weighted by Crippen LogP contribution is 2.27. The lowest BCUT2D eigenvalue weighted by Gasteiger charge is -2.31. The highest BCUT2D eigenvalue weighted by molar-refractivity contribution is 5.90. The van der Waals surface area contributed by atoms with Crippen molar-refractivity contribution >= 4 is 11.8 Å². The van der Waals surface area contributed by atoms with Crippen LogP contribution >= 0.6 is 0 Å². The first-order valence-electron chi connectivity index (χ1n) is 7.62. The molecule has 1 heterocycles. The van der Waals surface area contributed by atoms with E-state index in [4.69, 9.17) is 5.73 Å². The Hall–Kier alpha value is -1.85. The van der Waals surface area contributed by atoms with Gasteiger partial charge in [-0.15, -0.1) is 0 Å². The summed E-state index contributed by atoms with van der Waals surface area (Å²) in [6, 6.07) is 0.00297. The first-order valence-corrected chi connectivity index (χ1v) is 7.62. The van der Waals surface area contributed by atoms with Gasteiger partial charge in [-0.05, 0) is 19.8 Å². The van der Waals surface area contributed by atoms with Crippen LogP contribution in [-0.4, -0.2) is 26.9 Å². The average Bonchev–Trinajstić information content (AvgIpc) is 2.86. The van der Waals surface area contributed by atoms with Gasteiger partial charge < -0.3 is 15.6 Å². The fraction of sp³-hybridized carbons (Fsp3) is 0.667. The summed E-state index contributed by atoms with van der Waals surface area (Å²) in [4.78, 5) is 28.1. The van der Waals surface area contributed by atoms with Gasteiger partial charge in [0.2, 0.25) is 11.8 Å². The Balaban J connectivity index is 1.99. The number of nitrogens with two attached hydrogens (primary N) is 1. The van der Waals surface area contributed by atoms with Gasteiger partial charge >= 0.3 is 0 Å². The molecule has 1 saturated carbocycles. The maximum atomic E-state index is 12.3. The van der Waals surface area contributed by atoms with Crippen LogP contribution in [0.15, 0.2) is 18.7 Å². The third-order valence-corrected chi connectivity index (χ3v) is 4.32. The smallest absolute Gasteiger partial charge is 0.243 e. The number of nitrogens with one attached hydrogen (secondary N) is 1. The molecule has 6 heteroatoms. The van der Waals surface area contributed by atoms with Crippen molar-refractivity contribution in [3.05, 3.63) is 18.7 Å². The van der Waals surface area contributed by atoms with E-state index in [2.05, 4.69) is 10.3 Å². The predicted octanol–water partition coefficient (Wildman–Crippen LogP) is 1.53. The molecule has 6 nitrogen and oxygen atoms in total. The maximum Gasteiger partial charge on any atom is 0.243 e. The summed E-state index contributed by atoms with van der Waals surface area (Å²) < 4.78 is 1.88. The molecule has 0 aromatic carbocycles. The summed E-state index contributed by atoms with van der Waals surface area (Å²) in [6.07, 6.45) is 10.9. The van der Waals surface area contributed by atoms with E-state index >= 15 is 0 Å². The second-order valence-corrected chi connectivity index (χ2v) is 5.97. The molecule has 1 aromatic rings. The van der Waals surface area contributed by atoms with Gasteiger partial charge in [-0.1, -0.05) is 25.7 Å². The lowest BCUT2D eigenvalue weighted by Crippen LogP contribution is -2.57. The van der Waals surface area contributed by atoms with Crippen molar-refractivity contribution in [2.24, 2.45) is 5.73 Å². The zero-order valence-electron chi connectivity index (χ0n) is 12.5. The molecule has 1 aliphatic rings. The SMILES string of the molecule is CC(CC(=O)NC1(C(N)=O)CCCCCC1)n1ccnc1. The van der Waals surface area contributed by atoms with Crippen molar-refractivity contribution in [2.75, 3.05) is 0 Å². The molecule has 0 aliphatic heterocycles. The van der Waals surface area contributed by atoms with Gasteiger partial charge in [0.1, 0.15) is 5.54 Å². The number of hydrogen-bond acceptors (Lipinski definition) is 3. The van der Waals surface area contributed by atoms with Crippen LogP contribution in [0.5, 0.6) is 0 Å². The third kappa shape index (κ3) is 3.83. The number of amides is 2. The Kier molecular flexibility index (Phi) is 4.98. The fourth-order valence-corrected chi connectivity index (χ4v) is 2.99. The van der Waals surface area contributed by atoms with Gasteiger partial charge in [0.25, 0.3) is 0 Å². The average molecular weight is 292 g/mol. The molecule has 1 aromatic heterocycles. The van der Waals surface area contributed by atoms with Crippen LogP contribution in [0.3, 0.4) is 0 Å². The number of hydrogen-bond donors (Lipinski definition) is 2. The highest BCUT2D eigenvalue weighted by atomic mass is 16.2. The molecule has 0 spiro atoms. The van der Waals surface area contributed by atoms with E-state index in [1.54, 1.807) is 12.5 Å². The highest BCUT2D eigenvalue weighted by Gasteiger charge is 2.38. The van der Waals surface area contributed by atoms with E-state index in [0.717, 1.165) is 25.7 Å². The largest absolute Gasteiger partial charge is 0.368 e. The number of imidazole rings is 1. The number of nitrogens with zero attached hydrogens (tertiary/aromatic N) is 2. The second kappa shape index (κ2) is 6.74. The molecule has 2 rings (SSSR count). The molecule has 0 bridgehead atoms. The van der Waals surface area contributed by atoms with E-state index in [9.17, 15) is 9.59 Å². The lowest BCUT2D eigenvalue weighted by molar-refractivity contribution is -0.132. The molecule has 0 saturated heterocycles. The zero-order chi connectivity index (χ0) is 15.3. The van der Waals surface area contributed by atoms with Gasteiger partial charge in [0.15, 0.2) is 0 Å². The minimum Gasteiger partial charge on any atom is -0.368 e. The van der Waals surface area contributed by atoms with Crippen molar-refractivity contribution < 1.29 is 9.59 Å². The minimum atomic E-state index is -0.859. The number of primary amides is 1. The van der Waals surface area contributed by atoms with Crippen LogP contribution in [0.1, 0.15) is 57.9 Å². The maximum absolute atomic E-state index is 12.3. The molecule has 116 valence electrons. The first kappa shape index (κ1) is 15.5. The molecular formula is C15H24N4O2. The minimum absolute atomic E-state index is 0.00297. The quantitative estimate of drug-likeness (QED) is 0.806. The van der Waals surface area contributed by atoms with Crippen molar-refractivity contribution in [3.63, 3.8) is 0 Å². The second-order valence-electron chi connectivity index (χ2n) is 5.97. The van der Waals surface area contributed by atoms with Crippen LogP contribution in [-0.2, 0) is 9.59 Å².